The molecule has 9 aliphatic heterocycles. The van der Waals surface area contributed by atoms with E-state index in [1.807, 2.05) is 0 Å². The number of ether oxygens (including phenoxy) is 23. The highest BCUT2D eigenvalue weighted by atomic mass is 19.4. The summed E-state index contributed by atoms with van der Waals surface area (Å²) in [5.41, 5.74) is 0. The highest BCUT2D eigenvalue weighted by Crippen LogP contribution is 2.41. The summed E-state index contributed by atoms with van der Waals surface area (Å²) in [4.78, 5) is 110. The SMILES string of the molecule is CO[C@@H]1OC(OC=O)[C@@H](O[C@@H]2OC(CO)[C@H](O)[C@H](O[C@@H]3OC(OC=O)[C@@H](O[C@@H]4OC(CO)[C@H](O)[C@H](O[C@@H]5OC(OC=O)[C@@H](O[C@H]6OC(CO)[C@@H](O[C@@H]7OC(OC=O)[C@@H](O[C@H]8OC(CO)[C@@H](O[C@@H]9OC(OC=O)[C@@H](O)[C@H](O)C9O)[C@H](O)C8NC(=O)C(F)(F)F)[C@H](O)C7O)[C@H](O)C6NC(=O)C(F)(F)F)[C@H](O)C5O)C4NC(C)=O)[C@H](O)C3O)C2NC(C)=O)[C@H](O)C1O. The second-order valence-electron chi connectivity index (χ2n) is 28.3. The first kappa shape index (κ1) is 101. The molecule has 124 heavy (non-hydrogen) atoms. The third kappa shape index (κ3) is 22.6. The van der Waals surface area contributed by atoms with Crippen molar-refractivity contribution >= 4 is 56.0 Å². The molecule has 9 saturated heterocycles. The second-order valence-corrected chi connectivity index (χ2v) is 28.3. The van der Waals surface area contributed by atoms with Crippen LogP contribution in [0.25, 0.3) is 0 Å². The normalized spacial score (nSPS) is 45.3. The first-order valence-electron chi connectivity index (χ1n) is 36.6. The molecule has 61 heteroatoms. The van der Waals surface area contributed by atoms with Gasteiger partial charge in [0.05, 0.1) is 26.4 Å². The Balaban J connectivity index is 0.921. The summed E-state index contributed by atoms with van der Waals surface area (Å²) in [7, 11) is 1.04. The Kier molecular flexibility index (Phi) is 35.6. The zero-order chi connectivity index (χ0) is 91.7. The van der Waals surface area contributed by atoms with E-state index in [9.17, 15) is 167 Å². The third-order valence-electron chi connectivity index (χ3n) is 20.3. The first-order chi connectivity index (χ1) is 58.5. The lowest BCUT2D eigenvalue weighted by Gasteiger charge is -2.51. The van der Waals surface area contributed by atoms with Crippen molar-refractivity contribution in [2.45, 2.75) is 303 Å². The molecule has 0 saturated carbocycles. The molecule has 9 fully saturated rings. The van der Waals surface area contributed by atoms with Crippen molar-refractivity contribution in [2.75, 3.05) is 33.5 Å². The van der Waals surface area contributed by atoms with Crippen LogP contribution < -0.4 is 21.3 Å². The fourth-order valence-corrected chi connectivity index (χ4v) is 14.3. The summed E-state index contributed by atoms with van der Waals surface area (Å²) >= 11 is 0. The van der Waals surface area contributed by atoms with E-state index in [0.29, 0.717) is 0 Å². The van der Waals surface area contributed by atoms with Crippen molar-refractivity contribution < 1.29 is 275 Å². The number of methoxy groups -OCH3 is 1. The van der Waals surface area contributed by atoms with Gasteiger partial charge in [-0.3, -0.25) is 43.2 Å². The molecule has 55 nitrogen and oxygen atoms in total. The minimum atomic E-state index is -5.95. The van der Waals surface area contributed by atoms with Crippen LogP contribution in [0.1, 0.15) is 13.8 Å². The number of alkyl halides is 6. The van der Waals surface area contributed by atoms with E-state index in [2.05, 4.69) is 15.4 Å². The van der Waals surface area contributed by atoms with Crippen molar-refractivity contribution in [3.05, 3.63) is 0 Å². The van der Waals surface area contributed by atoms with E-state index in [-0.39, 0.29) is 19.4 Å². The van der Waals surface area contributed by atoms with Gasteiger partial charge < -0.3 is 227 Å². The van der Waals surface area contributed by atoms with Crippen LogP contribution in [0.4, 0.5) is 26.3 Å². The number of aliphatic hydroxyl groups excluding tert-OH is 19. The van der Waals surface area contributed by atoms with Gasteiger partial charge >= 0.3 is 24.2 Å². The lowest BCUT2D eigenvalue weighted by molar-refractivity contribution is -0.408. The van der Waals surface area contributed by atoms with Gasteiger partial charge in [0.1, 0.15) is 165 Å². The smallest absolute Gasteiger partial charge is 0.435 e. The average molecular weight is 1830 g/mol. The zero-order valence-corrected chi connectivity index (χ0v) is 63.5. The predicted molar refractivity (Wildman–Crippen MR) is 349 cm³/mol. The molecule has 710 valence electrons. The molecule has 18 unspecified atom stereocenters. The molecular formula is C63H90F6N4O51. The van der Waals surface area contributed by atoms with E-state index in [4.69, 9.17) is 104 Å². The fraction of sp³-hybridized carbons (Fsp3) is 0.857. The van der Waals surface area contributed by atoms with Crippen LogP contribution in [0.5, 0.6) is 0 Å². The summed E-state index contributed by atoms with van der Waals surface area (Å²) in [5.74, 6) is -7.98. The van der Waals surface area contributed by atoms with Gasteiger partial charge in [-0.1, -0.05) is 0 Å². The number of nitrogens with one attached hydrogen (secondary N) is 4. The van der Waals surface area contributed by atoms with Gasteiger partial charge in [0, 0.05) is 21.0 Å². The van der Waals surface area contributed by atoms with Gasteiger partial charge in [-0.2, -0.15) is 26.3 Å². The molecule has 45 atom stereocenters. The third-order valence-corrected chi connectivity index (χ3v) is 20.3. The van der Waals surface area contributed by atoms with Gasteiger partial charge in [-0.25, -0.2) is 0 Å². The largest absolute Gasteiger partial charge is 0.471 e. The zero-order valence-electron chi connectivity index (χ0n) is 63.5. The van der Waals surface area contributed by atoms with E-state index >= 15 is 0 Å². The Labute approximate surface area is 688 Å². The number of carbonyl (C=O) groups is 9. The number of hydrogen-bond donors (Lipinski definition) is 23. The fourth-order valence-electron chi connectivity index (χ4n) is 14.3. The van der Waals surface area contributed by atoms with Crippen molar-refractivity contribution in [3.63, 3.8) is 0 Å². The van der Waals surface area contributed by atoms with E-state index in [1.54, 1.807) is 0 Å². The lowest BCUT2D eigenvalue weighted by Crippen LogP contribution is -2.71. The minimum absolute atomic E-state index is 0.158. The monoisotopic (exact) mass is 1830 g/mol. The molecule has 0 radical (unpaired) electrons. The van der Waals surface area contributed by atoms with Crippen molar-refractivity contribution in [1.29, 1.82) is 0 Å². The summed E-state index contributed by atoms with van der Waals surface area (Å²) in [6, 6.07) is -9.63. The predicted octanol–water partition coefficient (Wildman–Crippen LogP) is -17.6. The summed E-state index contributed by atoms with van der Waals surface area (Å²) < 4.78 is 209. The van der Waals surface area contributed by atoms with Crippen molar-refractivity contribution in [3.8, 4) is 0 Å². The van der Waals surface area contributed by atoms with Crippen LogP contribution in [0, 0.1) is 0 Å². The van der Waals surface area contributed by atoms with Gasteiger partial charge in [0.2, 0.25) is 43.3 Å². The maximum atomic E-state index is 14.2. The number of aliphatic hydroxyl groups is 19. The second kappa shape index (κ2) is 43.6. The van der Waals surface area contributed by atoms with Crippen LogP contribution in [0.2, 0.25) is 0 Å². The quantitative estimate of drug-likeness (QED) is 0.0159. The Morgan fingerprint density at radius 2 is 0.508 bits per heavy atom. The number of amides is 4. The number of hydrogen-bond acceptors (Lipinski definition) is 51. The standard InChI is InChI=1S/C63H90F6N4O51/c1-13(83)70-21-40(23(85)15(4-74)108-48(21)118-42-28(90)34(96)50(102-3)120-56(42)104-9-79)115-55-37(99)31(93)45(59(124-55)107-12-82)119-49-22(71-14(2)84)41(24(86)16(5-75)109-49)114-54-36(98)30(92)44(58(123-54)106-11-81)117-47-20(73-61(101)63(67,68)69)26(88)39(18(7-77)111-47)113-53-35(97)29(91)43(57(122-53)105-10-80)116-46-19(72-60(100)62(64,65)66)25(87)38(17(6-76)110-46)112-52-33(95)27(89)32(94)51(121-52)103-8-78/h8-12,15-59,74-77,85-99H,4-7H2,1-3H3,(H,70,83)(H,71,84)(H,72,100)(H,73,101)/t15?,16?,17?,18?,19?,20?,21?,22?,23-,24-,25+,26+,27-,28+,29+,30+,31+,32-,33?,34?,35?,36?,37?,38+,39+,40+,41+,42-,43-,44-,45-,46+,47+,48-,49-,50+,51?,52+,53+,54+,55+,56?,57?,58?,59?/m0/s1. The molecule has 0 aliphatic carbocycles. The van der Waals surface area contributed by atoms with Crippen LogP contribution in [0.15, 0.2) is 0 Å². The Hall–Kier alpha value is -6.67. The van der Waals surface area contributed by atoms with Gasteiger partial charge in [0.25, 0.3) is 32.4 Å². The molecule has 9 aliphatic rings. The lowest BCUT2D eigenvalue weighted by atomic mass is 9.94. The maximum Gasteiger partial charge on any atom is 0.471 e. The maximum absolute atomic E-state index is 14.2. The number of rotatable bonds is 35. The van der Waals surface area contributed by atoms with Crippen LogP contribution in [-0.4, -0.2) is 476 Å². The molecule has 0 aromatic rings. The first-order valence-corrected chi connectivity index (χ1v) is 36.6. The van der Waals surface area contributed by atoms with E-state index < -0.39 is 352 Å². The number of halogens is 6. The molecule has 4 amide bonds. The average Bonchev–Trinajstić information content (AvgIpc) is 0.734. The molecule has 9 heterocycles. The Bertz CT molecular complexity index is 3500. The molecule has 0 spiro atoms. The van der Waals surface area contributed by atoms with Gasteiger partial charge in [0.15, 0.2) is 81.0 Å². The molecule has 0 aromatic heterocycles. The van der Waals surface area contributed by atoms with Gasteiger partial charge in [-0.05, 0) is 0 Å². The topological polar surface area (TPSA) is 798 Å². The van der Waals surface area contributed by atoms with Crippen LogP contribution >= 0.6 is 0 Å². The highest BCUT2D eigenvalue weighted by molar-refractivity contribution is 5.82. The summed E-state index contributed by atoms with van der Waals surface area (Å²) in [6.07, 6.45) is -110. The number of carbonyl (C=O) groups excluding carboxylic acids is 9. The van der Waals surface area contributed by atoms with E-state index in [1.165, 1.54) is 10.6 Å². The van der Waals surface area contributed by atoms with Crippen LogP contribution in [-0.2, 0) is 152 Å². The van der Waals surface area contributed by atoms with E-state index in [0.717, 1.165) is 21.0 Å². The Morgan fingerprint density at radius 1 is 0.274 bits per heavy atom. The van der Waals surface area contributed by atoms with Crippen molar-refractivity contribution in [2.24, 2.45) is 0 Å². The summed E-state index contributed by atoms with van der Waals surface area (Å²) in [6.45, 7) is -5.44. The Morgan fingerprint density at radius 3 is 0.782 bits per heavy atom. The van der Waals surface area contributed by atoms with Crippen molar-refractivity contribution in [1.82, 2.24) is 21.3 Å². The molecule has 23 N–H and O–H groups in total. The minimum Gasteiger partial charge on any atom is -0.435 e. The van der Waals surface area contributed by atoms with Gasteiger partial charge in [-0.15, -0.1) is 0 Å². The molecule has 0 aromatic carbocycles. The summed E-state index contributed by atoms with van der Waals surface area (Å²) in [5, 5.41) is 219. The highest BCUT2D eigenvalue weighted by Gasteiger charge is 2.63. The molecular weight excluding hydrogens is 1740 g/mol. The van der Waals surface area contributed by atoms with Crippen LogP contribution in [0.3, 0.4) is 0 Å². The molecule has 9 rings (SSSR count). The molecule has 0 bridgehead atoms.